The number of hydrogen-bond donors (Lipinski definition) is 1. The normalized spacial score (nSPS) is 13.9. The van der Waals surface area contributed by atoms with Gasteiger partial charge in [-0.2, -0.15) is 0 Å². The van der Waals surface area contributed by atoms with Crippen LogP contribution in [-0.4, -0.2) is 23.3 Å². The molecule has 5 heteroatoms. The van der Waals surface area contributed by atoms with E-state index in [0.717, 1.165) is 6.42 Å². The van der Waals surface area contributed by atoms with Crippen molar-refractivity contribution in [2.45, 2.75) is 13.0 Å². The van der Waals surface area contributed by atoms with Crippen LogP contribution < -0.4 is 5.73 Å². The van der Waals surface area contributed by atoms with Crippen LogP contribution in [0.1, 0.15) is 31.2 Å². The van der Waals surface area contributed by atoms with Crippen LogP contribution in [0.25, 0.3) is 0 Å². The maximum Gasteiger partial charge on any atom is 0.254 e. The summed E-state index contributed by atoms with van der Waals surface area (Å²) in [5.74, 6) is -0.566. The lowest BCUT2D eigenvalue weighted by molar-refractivity contribution is 0.0736. The maximum absolute atomic E-state index is 12.5. The molecule has 0 radical (unpaired) electrons. The highest BCUT2D eigenvalue weighted by Gasteiger charge is 2.22. The van der Waals surface area contributed by atoms with Gasteiger partial charge < -0.3 is 10.6 Å². The van der Waals surface area contributed by atoms with Gasteiger partial charge in [0.25, 0.3) is 5.91 Å². The van der Waals surface area contributed by atoms with E-state index in [1.165, 1.54) is 10.4 Å². The Balaban J connectivity index is 1.83. The molecule has 0 bridgehead atoms. The molecule has 0 saturated heterocycles. The molecule has 3 rings (SSSR count). The summed E-state index contributed by atoms with van der Waals surface area (Å²) in [5.41, 5.74) is 7.35. The predicted octanol–water partition coefficient (Wildman–Crippen LogP) is 2.05. The molecule has 0 spiro atoms. The Morgan fingerprint density at radius 1 is 1.20 bits per heavy atom. The number of nitrogens with two attached hydrogens (primary N) is 1. The van der Waals surface area contributed by atoms with Crippen molar-refractivity contribution >= 4 is 23.2 Å². The van der Waals surface area contributed by atoms with Crippen molar-refractivity contribution in [3.63, 3.8) is 0 Å². The topological polar surface area (TPSA) is 63.4 Å². The zero-order chi connectivity index (χ0) is 14.1. The van der Waals surface area contributed by atoms with Crippen LogP contribution in [0.2, 0.25) is 0 Å². The SMILES string of the molecule is NC(=O)c1cccc(C(=O)N2CCc3sccc3C2)c1. The van der Waals surface area contributed by atoms with Gasteiger partial charge in [0.15, 0.2) is 0 Å². The van der Waals surface area contributed by atoms with E-state index in [0.29, 0.717) is 24.2 Å². The fourth-order valence-corrected chi connectivity index (χ4v) is 3.30. The first-order chi connectivity index (χ1) is 9.65. The van der Waals surface area contributed by atoms with Gasteiger partial charge >= 0.3 is 0 Å². The minimum Gasteiger partial charge on any atom is -0.366 e. The third-order valence-electron chi connectivity index (χ3n) is 3.49. The number of carbonyl (C=O) groups excluding carboxylic acids is 2. The standard InChI is InChI=1S/C15H14N2O2S/c16-14(18)10-2-1-3-11(8-10)15(19)17-6-4-13-12(9-17)5-7-20-13/h1-3,5,7-8H,4,6,9H2,(H2,16,18). The van der Waals surface area contributed by atoms with Crippen molar-refractivity contribution in [1.29, 1.82) is 0 Å². The number of rotatable bonds is 2. The van der Waals surface area contributed by atoms with Gasteiger partial charge in [-0.3, -0.25) is 9.59 Å². The average molecular weight is 286 g/mol. The molecule has 1 aliphatic rings. The lowest BCUT2D eigenvalue weighted by Crippen LogP contribution is -2.35. The Hall–Kier alpha value is -2.14. The number of primary amides is 1. The Kier molecular flexibility index (Phi) is 3.28. The minimum atomic E-state index is -0.515. The van der Waals surface area contributed by atoms with Gasteiger partial charge in [0.05, 0.1) is 0 Å². The Bertz CT molecular complexity index is 678. The van der Waals surface area contributed by atoms with Crippen LogP contribution in [0.3, 0.4) is 0 Å². The molecule has 1 aromatic heterocycles. The second-order valence-corrected chi connectivity index (χ2v) is 5.79. The summed E-state index contributed by atoms with van der Waals surface area (Å²) in [6, 6.07) is 8.66. The molecule has 1 aliphatic heterocycles. The molecule has 0 fully saturated rings. The summed E-state index contributed by atoms with van der Waals surface area (Å²) in [4.78, 5) is 26.8. The highest BCUT2D eigenvalue weighted by molar-refractivity contribution is 7.10. The first kappa shape index (κ1) is 12.9. The summed E-state index contributed by atoms with van der Waals surface area (Å²) in [7, 11) is 0. The van der Waals surface area contributed by atoms with Gasteiger partial charge in [0.1, 0.15) is 0 Å². The third-order valence-corrected chi connectivity index (χ3v) is 4.51. The summed E-state index contributed by atoms with van der Waals surface area (Å²) >= 11 is 1.74. The number of hydrogen-bond acceptors (Lipinski definition) is 3. The molecule has 0 unspecified atom stereocenters. The fourth-order valence-electron chi connectivity index (χ4n) is 2.41. The van der Waals surface area contributed by atoms with Crippen LogP contribution in [0.15, 0.2) is 35.7 Å². The zero-order valence-electron chi connectivity index (χ0n) is 10.8. The van der Waals surface area contributed by atoms with E-state index in [-0.39, 0.29) is 5.91 Å². The summed E-state index contributed by atoms with van der Waals surface area (Å²) in [6.45, 7) is 1.35. The summed E-state index contributed by atoms with van der Waals surface area (Å²) in [6.07, 6.45) is 0.897. The largest absolute Gasteiger partial charge is 0.366 e. The Morgan fingerprint density at radius 2 is 2.00 bits per heavy atom. The van der Waals surface area contributed by atoms with Crippen molar-refractivity contribution in [1.82, 2.24) is 4.90 Å². The fraction of sp³-hybridized carbons (Fsp3) is 0.200. The highest BCUT2D eigenvalue weighted by Crippen LogP contribution is 2.25. The summed E-state index contributed by atoms with van der Waals surface area (Å²) in [5, 5.41) is 2.06. The number of amides is 2. The van der Waals surface area contributed by atoms with E-state index >= 15 is 0 Å². The lowest BCUT2D eigenvalue weighted by Gasteiger charge is -2.27. The molecule has 102 valence electrons. The van der Waals surface area contributed by atoms with Crippen LogP contribution in [0.5, 0.6) is 0 Å². The first-order valence-electron chi connectivity index (χ1n) is 6.39. The van der Waals surface area contributed by atoms with E-state index in [1.807, 2.05) is 4.90 Å². The molecule has 1 aromatic carbocycles. The number of benzene rings is 1. The van der Waals surface area contributed by atoms with Gasteiger partial charge in [-0.15, -0.1) is 11.3 Å². The molecular weight excluding hydrogens is 272 g/mol. The maximum atomic E-state index is 12.5. The van der Waals surface area contributed by atoms with Crippen LogP contribution in [0, 0.1) is 0 Å². The van der Waals surface area contributed by atoms with Gasteiger partial charge in [0.2, 0.25) is 5.91 Å². The number of carbonyl (C=O) groups is 2. The monoisotopic (exact) mass is 286 g/mol. The number of nitrogens with zero attached hydrogens (tertiary/aromatic N) is 1. The molecule has 2 heterocycles. The van der Waals surface area contributed by atoms with Gasteiger partial charge in [-0.05, 0) is 41.6 Å². The van der Waals surface area contributed by atoms with E-state index in [4.69, 9.17) is 5.73 Å². The van der Waals surface area contributed by atoms with Crippen molar-refractivity contribution in [2.75, 3.05) is 6.54 Å². The molecule has 2 N–H and O–H groups in total. The Labute approximate surface area is 120 Å². The lowest BCUT2D eigenvalue weighted by atomic mass is 10.1. The zero-order valence-corrected chi connectivity index (χ0v) is 11.7. The van der Waals surface area contributed by atoms with Crippen molar-refractivity contribution in [3.8, 4) is 0 Å². The summed E-state index contributed by atoms with van der Waals surface area (Å²) < 4.78 is 0. The highest BCUT2D eigenvalue weighted by atomic mass is 32.1. The second kappa shape index (κ2) is 5.09. The third kappa shape index (κ3) is 2.32. The molecule has 2 aromatic rings. The first-order valence-corrected chi connectivity index (χ1v) is 7.27. The molecule has 4 nitrogen and oxygen atoms in total. The smallest absolute Gasteiger partial charge is 0.254 e. The quantitative estimate of drug-likeness (QED) is 0.918. The van der Waals surface area contributed by atoms with Gasteiger partial charge in [-0.25, -0.2) is 0 Å². The van der Waals surface area contributed by atoms with Crippen molar-refractivity contribution < 1.29 is 9.59 Å². The van der Waals surface area contributed by atoms with Crippen molar-refractivity contribution in [2.24, 2.45) is 5.73 Å². The van der Waals surface area contributed by atoms with Crippen molar-refractivity contribution in [3.05, 3.63) is 57.3 Å². The van der Waals surface area contributed by atoms with Crippen LogP contribution >= 0.6 is 11.3 Å². The molecule has 20 heavy (non-hydrogen) atoms. The van der Waals surface area contributed by atoms with E-state index < -0.39 is 5.91 Å². The van der Waals surface area contributed by atoms with Crippen LogP contribution in [0.4, 0.5) is 0 Å². The van der Waals surface area contributed by atoms with E-state index in [1.54, 1.807) is 35.6 Å². The number of fused-ring (bicyclic) bond motifs is 1. The average Bonchev–Trinajstić information content (AvgIpc) is 2.94. The van der Waals surface area contributed by atoms with Crippen LogP contribution in [-0.2, 0) is 13.0 Å². The Morgan fingerprint density at radius 3 is 2.80 bits per heavy atom. The molecular formula is C15H14N2O2S. The molecule has 0 aliphatic carbocycles. The molecule has 2 amide bonds. The van der Waals surface area contributed by atoms with E-state index in [9.17, 15) is 9.59 Å². The van der Waals surface area contributed by atoms with E-state index in [2.05, 4.69) is 11.4 Å². The minimum absolute atomic E-state index is 0.0510. The predicted molar refractivity (Wildman–Crippen MR) is 77.7 cm³/mol. The van der Waals surface area contributed by atoms with Gasteiger partial charge in [0, 0.05) is 29.1 Å². The molecule has 0 saturated carbocycles. The molecule has 0 atom stereocenters. The second-order valence-electron chi connectivity index (χ2n) is 4.79. The number of thiophene rings is 1. The van der Waals surface area contributed by atoms with Gasteiger partial charge in [-0.1, -0.05) is 6.07 Å².